The van der Waals surface area contributed by atoms with E-state index in [1.807, 2.05) is 0 Å². The molecule has 3 N–H and O–H groups in total. The minimum absolute atomic E-state index is 0.0231. The molecule has 156 valence electrons. The van der Waals surface area contributed by atoms with E-state index in [9.17, 15) is 23.1 Å². The average Bonchev–Trinajstić information content (AvgIpc) is 3.07. The third-order valence-electron chi connectivity index (χ3n) is 5.68. The highest BCUT2D eigenvalue weighted by atomic mass is 19.4. The molecule has 2 heterocycles. The molecule has 1 aliphatic heterocycles. The maximum atomic E-state index is 12.3. The largest absolute Gasteiger partial charge is 0.573 e. The number of rotatable bonds is 7. The molecule has 2 fully saturated rings. The number of nitrogens with one attached hydrogen (secondary N) is 2. The zero-order valence-electron chi connectivity index (χ0n) is 15.4. The molecule has 0 radical (unpaired) electrons. The molecule has 1 saturated heterocycles. The van der Waals surface area contributed by atoms with E-state index in [-0.39, 0.29) is 18.2 Å². The van der Waals surface area contributed by atoms with Gasteiger partial charge in [-0.25, -0.2) is 4.98 Å². The number of likely N-dealkylation sites (tertiary alicyclic amines) is 1. The number of carbonyl (C=O) groups is 1. The van der Waals surface area contributed by atoms with Gasteiger partial charge < -0.3 is 20.1 Å². The molecule has 1 saturated carbocycles. The third kappa shape index (κ3) is 4.38. The van der Waals surface area contributed by atoms with Crippen molar-refractivity contribution in [1.29, 1.82) is 0 Å². The molecule has 1 aromatic carbocycles. The first-order chi connectivity index (χ1) is 13.9. The van der Waals surface area contributed by atoms with Crippen molar-refractivity contribution >= 4 is 5.91 Å². The number of amides is 1. The van der Waals surface area contributed by atoms with Crippen LogP contribution in [0, 0.1) is 17.8 Å². The molecule has 7 nitrogen and oxygen atoms in total. The van der Waals surface area contributed by atoms with Crippen molar-refractivity contribution in [3.63, 3.8) is 0 Å². The highest BCUT2D eigenvalue weighted by Crippen LogP contribution is 2.52. The van der Waals surface area contributed by atoms with Crippen LogP contribution in [-0.4, -0.2) is 58.5 Å². The summed E-state index contributed by atoms with van der Waals surface area (Å²) in [6.45, 7) is 2.07. The lowest BCUT2D eigenvalue weighted by Crippen LogP contribution is -2.34. The minimum Gasteiger partial charge on any atom is -0.406 e. The summed E-state index contributed by atoms with van der Waals surface area (Å²) in [5.41, 5.74) is 0.123. The van der Waals surface area contributed by atoms with Gasteiger partial charge in [0.2, 0.25) is 0 Å². The fourth-order valence-electron chi connectivity index (χ4n) is 4.22. The number of piperidine rings is 1. The second kappa shape index (κ2) is 7.68. The summed E-state index contributed by atoms with van der Waals surface area (Å²) < 4.78 is 40.8. The van der Waals surface area contributed by atoms with Gasteiger partial charge >= 0.3 is 6.36 Å². The zero-order valence-corrected chi connectivity index (χ0v) is 15.4. The van der Waals surface area contributed by atoms with Gasteiger partial charge in [-0.1, -0.05) is 6.07 Å². The van der Waals surface area contributed by atoms with Crippen LogP contribution in [0.3, 0.4) is 0 Å². The summed E-state index contributed by atoms with van der Waals surface area (Å²) in [6, 6.07) is 4.87. The summed E-state index contributed by atoms with van der Waals surface area (Å²) in [4.78, 5) is 21.7. The number of halogens is 3. The predicted molar refractivity (Wildman–Crippen MR) is 95.9 cm³/mol. The van der Waals surface area contributed by atoms with Crippen LogP contribution in [0.5, 0.6) is 5.75 Å². The molecule has 2 aromatic rings. The van der Waals surface area contributed by atoms with Crippen LogP contribution in [0.25, 0.3) is 0 Å². The average molecular weight is 410 g/mol. The number of nitrogens with zero attached hydrogens (tertiary/aromatic N) is 2. The minimum atomic E-state index is -4.80. The molecule has 29 heavy (non-hydrogen) atoms. The summed E-state index contributed by atoms with van der Waals surface area (Å²) in [5.74, 6) is 1.08. The van der Waals surface area contributed by atoms with Crippen molar-refractivity contribution in [3.05, 3.63) is 48.0 Å². The molecule has 1 amide bonds. The van der Waals surface area contributed by atoms with Crippen LogP contribution in [0.4, 0.5) is 13.2 Å². The van der Waals surface area contributed by atoms with Gasteiger partial charge in [0.15, 0.2) is 0 Å². The number of imidazole rings is 1. The maximum Gasteiger partial charge on any atom is 0.573 e. The van der Waals surface area contributed by atoms with Gasteiger partial charge in [-0.05, 0) is 36.0 Å². The molecule has 10 heteroatoms. The van der Waals surface area contributed by atoms with Crippen molar-refractivity contribution in [2.75, 3.05) is 26.2 Å². The fraction of sp³-hybridized carbons (Fsp3) is 0.474. The third-order valence-corrected chi connectivity index (χ3v) is 5.68. The number of alkyl halides is 3. The lowest BCUT2D eigenvalue weighted by molar-refractivity contribution is -0.274. The monoisotopic (exact) mass is 410 g/mol. The van der Waals surface area contributed by atoms with Crippen LogP contribution in [0.2, 0.25) is 0 Å². The molecular weight excluding hydrogens is 389 g/mol. The highest BCUT2D eigenvalue weighted by molar-refractivity contribution is 5.94. The second-order valence-electron chi connectivity index (χ2n) is 7.40. The molecule has 3 atom stereocenters. The fourth-order valence-corrected chi connectivity index (χ4v) is 4.22. The number of H-pyrrole nitrogens is 1. The van der Waals surface area contributed by atoms with Crippen LogP contribution in [-0.2, 0) is 0 Å². The van der Waals surface area contributed by atoms with Gasteiger partial charge in [0.1, 0.15) is 11.6 Å². The number of aromatic amines is 1. The molecule has 1 aliphatic carbocycles. The molecule has 2 aliphatic rings. The van der Waals surface area contributed by atoms with Gasteiger partial charge in [-0.3, -0.25) is 9.69 Å². The van der Waals surface area contributed by atoms with E-state index in [0.29, 0.717) is 24.3 Å². The Bertz CT molecular complexity index is 847. The number of aliphatic hydroxyl groups is 1. The number of benzene rings is 1. The Hall–Kier alpha value is -2.59. The van der Waals surface area contributed by atoms with Crippen LogP contribution in [0.1, 0.15) is 22.2 Å². The Morgan fingerprint density at radius 2 is 2.14 bits per heavy atom. The first-order valence-electron chi connectivity index (χ1n) is 9.34. The lowest BCUT2D eigenvalue weighted by Gasteiger charge is -2.26. The van der Waals surface area contributed by atoms with Gasteiger partial charge in [0.25, 0.3) is 5.91 Å². The number of hydrogen-bond donors (Lipinski definition) is 3. The highest BCUT2D eigenvalue weighted by Gasteiger charge is 2.56. The number of aromatic nitrogens is 2. The van der Waals surface area contributed by atoms with E-state index in [4.69, 9.17) is 0 Å². The molecule has 1 aromatic heterocycles. The van der Waals surface area contributed by atoms with Crippen LogP contribution >= 0.6 is 0 Å². The van der Waals surface area contributed by atoms with Crippen molar-refractivity contribution in [2.45, 2.75) is 12.4 Å². The van der Waals surface area contributed by atoms with E-state index in [2.05, 4.69) is 24.9 Å². The van der Waals surface area contributed by atoms with E-state index >= 15 is 0 Å². The molecule has 0 bridgehead atoms. The van der Waals surface area contributed by atoms with E-state index in [1.54, 1.807) is 12.4 Å². The van der Waals surface area contributed by atoms with E-state index in [1.165, 1.54) is 12.1 Å². The second-order valence-corrected chi connectivity index (χ2v) is 7.40. The molecule has 4 rings (SSSR count). The normalized spacial score (nSPS) is 24.8. The van der Waals surface area contributed by atoms with Crippen LogP contribution < -0.4 is 10.1 Å². The number of ether oxygens (including phenoxy) is 1. The number of aliphatic hydroxyl groups excluding tert-OH is 1. The quantitative estimate of drug-likeness (QED) is 0.649. The Balaban J connectivity index is 1.27. The zero-order chi connectivity index (χ0) is 20.6. The summed E-state index contributed by atoms with van der Waals surface area (Å²) >= 11 is 0. The molecular formula is C19H21F3N4O3. The Kier molecular flexibility index (Phi) is 5.22. The van der Waals surface area contributed by atoms with Gasteiger partial charge in [0, 0.05) is 37.6 Å². The SMILES string of the molecule is O=C(NCC1C2CN(C(CO)c3ncc[nH]3)CC12)c1cccc(OC(F)(F)F)c1. The van der Waals surface area contributed by atoms with Crippen molar-refractivity contribution in [3.8, 4) is 5.75 Å². The Morgan fingerprint density at radius 1 is 1.38 bits per heavy atom. The maximum absolute atomic E-state index is 12.3. The summed E-state index contributed by atoms with van der Waals surface area (Å²) in [5, 5.41) is 12.5. The van der Waals surface area contributed by atoms with Crippen LogP contribution in [0.15, 0.2) is 36.7 Å². The van der Waals surface area contributed by atoms with Gasteiger partial charge in [0.05, 0.1) is 12.6 Å². The van der Waals surface area contributed by atoms with Crippen molar-refractivity contribution in [1.82, 2.24) is 20.2 Å². The first-order valence-corrected chi connectivity index (χ1v) is 9.34. The lowest BCUT2D eigenvalue weighted by atomic mass is 10.1. The molecule has 3 unspecified atom stereocenters. The van der Waals surface area contributed by atoms with Crippen molar-refractivity contribution < 1.29 is 27.8 Å². The Labute approximate surface area is 164 Å². The smallest absolute Gasteiger partial charge is 0.406 e. The first kappa shape index (κ1) is 19.7. The van der Waals surface area contributed by atoms with E-state index < -0.39 is 18.0 Å². The number of hydrogen-bond acceptors (Lipinski definition) is 5. The topological polar surface area (TPSA) is 90.5 Å². The van der Waals surface area contributed by atoms with Gasteiger partial charge in [-0.15, -0.1) is 13.2 Å². The Morgan fingerprint density at radius 3 is 2.76 bits per heavy atom. The van der Waals surface area contributed by atoms with E-state index in [0.717, 1.165) is 31.0 Å². The standard InChI is InChI=1S/C19H21F3N4O3/c20-19(21,22)29-12-3-1-2-11(6-12)18(28)25-7-13-14-8-26(9-15(13)14)16(10-27)17-23-4-5-24-17/h1-6,13-16,27H,7-10H2,(H,23,24)(H,25,28). The summed E-state index contributed by atoms with van der Waals surface area (Å²) in [6.07, 6.45) is -1.42. The van der Waals surface area contributed by atoms with Crippen molar-refractivity contribution in [2.24, 2.45) is 17.8 Å². The number of carbonyl (C=O) groups excluding carboxylic acids is 1. The predicted octanol–water partition coefficient (Wildman–Crippen LogP) is 1.95. The molecule has 0 spiro atoms. The summed E-state index contributed by atoms with van der Waals surface area (Å²) in [7, 11) is 0. The van der Waals surface area contributed by atoms with Gasteiger partial charge in [-0.2, -0.15) is 0 Å². The number of fused-ring (bicyclic) bond motifs is 1.